The highest BCUT2D eigenvalue weighted by molar-refractivity contribution is 5.24. The van der Waals surface area contributed by atoms with Crippen molar-refractivity contribution in [1.82, 2.24) is 0 Å². The molecule has 16 heavy (non-hydrogen) atoms. The average Bonchev–Trinajstić information content (AvgIpc) is 2.35. The van der Waals surface area contributed by atoms with Crippen LogP contribution < -0.4 is 5.73 Å². The third-order valence-electron chi connectivity index (χ3n) is 3.50. The van der Waals surface area contributed by atoms with Gasteiger partial charge in [-0.2, -0.15) is 0 Å². The minimum Gasteiger partial charge on any atom is -0.330 e. The van der Waals surface area contributed by atoms with Crippen LogP contribution in [0.25, 0.3) is 0 Å². The van der Waals surface area contributed by atoms with Gasteiger partial charge in [0.1, 0.15) is 0 Å². The summed E-state index contributed by atoms with van der Waals surface area (Å²) in [7, 11) is 0. The molecule has 90 valence electrons. The lowest BCUT2D eigenvalue weighted by Gasteiger charge is -2.28. The van der Waals surface area contributed by atoms with Gasteiger partial charge in [-0.05, 0) is 12.0 Å². The molecule has 0 heterocycles. The zero-order chi connectivity index (χ0) is 11.9. The molecule has 1 atom stereocenters. The number of hydrogen-bond acceptors (Lipinski definition) is 1. The van der Waals surface area contributed by atoms with E-state index in [4.69, 9.17) is 5.73 Å². The fourth-order valence-electron chi connectivity index (χ4n) is 2.15. The van der Waals surface area contributed by atoms with Crippen molar-refractivity contribution in [2.75, 3.05) is 6.54 Å². The van der Waals surface area contributed by atoms with E-state index in [2.05, 4.69) is 44.2 Å². The van der Waals surface area contributed by atoms with Crippen LogP contribution in [0.3, 0.4) is 0 Å². The first-order valence-corrected chi connectivity index (χ1v) is 6.48. The summed E-state index contributed by atoms with van der Waals surface area (Å²) in [5.41, 5.74) is 7.50. The van der Waals surface area contributed by atoms with E-state index in [1.54, 1.807) is 0 Å². The Hall–Kier alpha value is -0.820. The molecule has 0 spiro atoms. The van der Waals surface area contributed by atoms with Crippen molar-refractivity contribution in [2.24, 2.45) is 5.73 Å². The largest absolute Gasteiger partial charge is 0.330 e. The maximum Gasteiger partial charge on any atom is 0.00473 e. The van der Waals surface area contributed by atoms with Crippen LogP contribution in [0, 0.1) is 0 Å². The molecule has 1 nitrogen and oxygen atoms in total. The number of nitrogens with two attached hydrogens (primary N) is 1. The Labute approximate surface area is 100 Å². The second-order valence-corrected chi connectivity index (χ2v) is 4.94. The first-order chi connectivity index (χ1) is 7.73. The molecule has 0 radical (unpaired) electrons. The van der Waals surface area contributed by atoms with Gasteiger partial charge >= 0.3 is 0 Å². The molecule has 1 unspecified atom stereocenters. The molecule has 0 aliphatic heterocycles. The molecule has 1 aromatic rings. The van der Waals surface area contributed by atoms with Gasteiger partial charge in [0, 0.05) is 12.0 Å². The Morgan fingerprint density at radius 1 is 1.06 bits per heavy atom. The summed E-state index contributed by atoms with van der Waals surface area (Å²) in [6.07, 6.45) is 6.46. The van der Waals surface area contributed by atoms with E-state index in [1.807, 2.05) is 0 Å². The Kier molecular flexibility index (Phi) is 5.54. The number of hydrogen-bond donors (Lipinski definition) is 1. The summed E-state index contributed by atoms with van der Waals surface area (Å²) in [6, 6.07) is 10.7. The fraction of sp³-hybridized carbons (Fsp3) is 0.600. The molecule has 0 bridgehead atoms. The Morgan fingerprint density at radius 3 is 2.31 bits per heavy atom. The van der Waals surface area contributed by atoms with E-state index < -0.39 is 0 Å². The molecule has 1 heteroatoms. The lowest BCUT2D eigenvalue weighted by molar-refractivity contribution is 0.418. The third-order valence-corrected chi connectivity index (χ3v) is 3.50. The smallest absolute Gasteiger partial charge is 0.00473 e. The first kappa shape index (κ1) is 13.2. The van der Waals surface area contributed by atoms with E-state index in [0.717, 1.165) is 6.54 Å². The van der Waals surface area contributed by atoms with E-state index in [9.17, 15) is 0 Å². The van der Waals surface area contributed by atoms with Gasteiger partial charge < -0.3 is 5.73 Å². The number of unbranched alkanes of at least 4 members (excludes halogenated alkanes) is 3. The zero-order valence-corrected chi connectivity index (χ0v) is 10.7. The second-order valence-electron chi connectivity index (χ2n) is 4.94. The highest BCUT2D eigenvalue weighted by atomic mass is 14.6. The van der Waals surface area contributed by atoms with Crippen molar-refractivity contribution in [1.29, 1.82) is 0 Å². The minimum atomic E-state index is 0.162. The van der Waals surface area contributed by atoms with Crippen LogP contribution in [0.5, 0.6) is 0 Å². The van der Waals surface area contributed by atoms with E-state index in [0.29, 0.717) is 0 Å². The van der Waals surface area contributed by atoms with Crippen molar-refractivity contribution in [3.63, 3.8) is 0 Å². The van der Waals surface area contributed by atoms with Crippen LogP contribution in [-0.4, -0.2) is 6.54 Å². The molecule has 2 N–H and O–H groups in total. The molecule has 0 fully saturated rings. The molecular formula is C15H25N. The van der Waals surface area contributed by atoms with Gasteiger partial charge in [0.25, 0.3) is 0 Å². The fourth-order valence-corrected chi connectivity index (χ4v) is 2.15. The van der Waals surface area contributed by atoms with E-state index >= 15 is 0 Å². The summed E-state index contributed by atoms with van der Waals surface area (Å²) >= 11 is 0. The van der Waals surface area contributed by atoms with Gasteiger partial charge in [-0.3, -0.25) is 0 Å². The third kappa shape index (κ3) is 3.64. The Morgan fingerprint density at radius 2 is 1.75 bits per heavy atom. The maximum absolute atomic E-state index is 5.95. The molecule has 0 aliphatic rings. The molecule has 0 amide bonds. The lowest BCUT2D eigenvalue weighted by Crippen LogP contribution is -2.31. The second kappa shape index (κ2) is 6.70. The SMILES string of the molecule is CCCCCCC(C)(CN)c1ccccc1. The van der Waals surface area contributed by atoms with Gasteiger partial charge in [-0.25, -0.2) is 0 Å². The average molecular weight is 219 g/mol. The van der Waals surface area contributed by atoms with Crippen molar-refractivity contribution in [2.45, 2.75) is 51.4 Å². The van der Waals surface area contributed by atoms with Gasteiger partial charge in [0.15, 0.2) is 0 Å². The zero-order valence-electron chi connectivity index (χ0n) is 10.7. The first-order valence-electron chi connectivity index (χ1n) is 6.48. The highest BCUT2D eigenvalue weighted by Gasteiger charge is 2.23. The molecule has 1 rings (SSSR count). The van der Waals surface area contributed by atoms with Crippen LogP contribution in [0.2, 0.25) is 0 Å². The van der Waals surface area contributed by atoms with E-state index in [-0.39, 0.29) is 5.41 Å². The molecular weight excluding hydrogens is 194 g/mol. The van der Waals surface area contributed by atoms with Crippen LogP contribution in [0.4, 0.5) is 0 Å². The summed E-state index contributed by atoms with van der Waals surface area (Å²) in [5.74, 6) is 0. The van der Waals surface area contributed by atoms with Gasteiger partial charge in [-0.1, -0.05) is 69.9 Å². The van der Waals surface area contributed by atoms with Crippen LogP contribution in [0.1, 0.15) is 51.5 Å². The summed E-state index contributed by atoms with van der Waals surface area (Å²) in [4.78, 5) is 0. The summed E-state index contributed by atoms with van der Waals surface area (Å²) < 4.78 is 0. The summed E-state index contributed by atoms with van der Waals surface area (Å²) in [5, 5.41) is 0. The lowest BCUT2D eigenvalue weighted by atomic mass is 9.78. The Bertz CT molecular complexity index is 281. The van der Waals surface area contributed by atoms with E-state index in [1.165, 1.54) is 37.7 Å². The molecule has 0 aromatic heterocycles. The molecule has 0 saturated carbocycles. The number of benzene rings is 1. The normalized spacial score (nSPS) is 14.7. The summed E-state index contributed by atoms with van der Waals surface area (Å²) in [6.45, 7) is 5.27. The topological polar surface area (TPSA) is 26.0 Å². The van der Waals surface area contributed by atoms with Gasteiger partial charge in [-0.15, -0.1) is 0 Å². The van der Waals surface area contributed by atoms with Crippen LogP contribution in [-0.2, 0) is 5.41 Å². The highest BCUT2D eigenvalue weighted by Crippen LogP contribution is 2.28. The van der Waals surface area contributed by atoms with Crippen LogP contribution >= 0.6 is 0 Å². The maximum atomic E-state index is 5.95. The molecule has 0 aliphatic carbocycles. The number of rotatable bonds is 7. The Balaban J connectivity index is 2.56. The quantitative estimate of drug-likeness (QED) is 0.692. The van der Waals surface area contributed by atoms with Gasteiger partial charge in [0.05, 0.1) is 0 Å². The molecule has 1 aromatic carbocycles. The molecule has 0 saturated heterocycles. The van der Waals surface area contributed by atoms with Crippen molar-refractivity contribution in [3.8, 4) is 0 Å². The van der Waals surface area contributed by atoms with Crippen molar-refractivity contribution < 1.29 is 0 Å². The van der Waals surface area contributed by atoms with Gasteiger partial charge in [0.2, 0.25) is 0 Å². The minimum absolute atomic E-state index is 0.162. The van der Waals surface area contributed by atoms with Crippen LogP contribution in [0.15, 0.2) is 30.3 Å². The van der Waals surface area contributed by atoms with Crippen molar-refractivity contribution in [3.05, 3.63) is 35.9 Å². The predicted molar refractivity (Wildman–Crippen MR) is 71.6 cm³/mol. The standard InChI is InChI=1S/C15H25N/c1-3-4-5-9-12-15(2,13-16)14-10-7-6-8-11-14/h6-8,10-11H,3-5,9,12-13,16H2,1-2H3. The monoisotopic (exact) mass is 219 g/mol. The van der Waals surface area contributed by atoms with Crippen molar-refractivity contribution >= 4 is 0 Å². The predicted octanol–water partition coefficient (Wildman–Crippen LogP) is 3.87.